The van der Waals surface area contributed by atoms with Gasteiger partial charge in [-0.25, -0.2) is 0 Å². The minimum absolute atomic E-state index is 0.0234. The van der Waals surface area contributed by atoms with E-state index in [0.717, 1.165) is 18.8 Å². The van der Waals surface area contributed by atoms with Crippen LogP contribution in [0.25, 0.3) is 0 Å². The van der Waals surface area contributed by atoms with Crippen LogP contribution in [0.4, 0.5) is 0 Å². The van der Waals surface area contributed by atoms with Crippen molar-refractivity contribution in [3.8, 4) is 0 Å². The molecule has 0 spiro atoms. The molecule has 268 valence electrons. The zero-order valence-electron chi connectivity index (χ0n) is 31.5. The molecule has 0 aliphatic carbocycles. The summed E-state index contributed by atoms with van der Waals surface area (Å²) in [6.07, 6.45) is 51.6. The van der Waals surface area contributed by atoms with Crippen LogP contribution in [-0.4, -0.2) is 12.6 Å². The van der Waals surface area contributed by atoms with Crippen LogP contribution in [0.5, 0.6) is 0 Å². The Bertz CT molecular complexity index is 580. The minimum Gasteiger partial charge on any atom is -0.466 e. The molecule has 0 radical (unpaired) electrons. The number of carbonyl (C=O) groups excluding carboxylic acids is 1. The average molecular weight is 633 g/mol. The van der Waals surface area contributed by atoms with Gasteiger partial charge in [0.15, 0.2) is 0 Å². The zero-order chi connectivity index (χ0) is 32.7. The molecule has 0 rings (SSSR count). The molecule has 0 atom stereocenters. The molecule has 0 bridgehead atoms. The van der Waals surface area contributed by atoms with E-state index in [1.165, 1.54) is 205 Å². The number of hydrogen-bond acceptors (Lipinski definition) is 2. The Hall–Kier alpha value is -0.790. The predicted molar refractivity (Wildman–Crippen MR) is 202 cm³/mol. The SMILES string of the molecule is CCCCCCCCC=CCCCCCCCCCC(=O)OCCCCCCCCCCCCCCCCCCCCC(C)C. The van der Waals surface area contributed by atoms with Gasteiger partial charge in [0, 0.05) is 6.42 Å². The lowest BCUT2D eigenvalue weighted by molar-refractivity contribution is -0.143. The topological polar surface area (TPSA) is 26.3 Å². The Kier molecular flexibility index (Phi) is 38.7. The molecule has 2 heteroatoms. The van der Waals surface area contributed by atoms with Crippen LogP contribution in [-0.2, 0) is 9.53 Å². The van der Waals surface area contributed by atoms with Crippen LogP contribution >= 0.6 is 0 Å². The molecule has 0 heterocycles. The Morgan fingerprint density at radius 2 is 0.778 bits per heavy atom. The van der Waals surface area contributed by atoms with E-state index in [9.17, 15) is 4.79 Å². The van der Waals surface area contributed by atoms with E-state index in [4.69, 9.17) is 4.74 Å². The molecule has 45 heavy (non-hydrogen) atoms. The summed E-state index contributed by atoms with van der Waals surface area (Å²) in [7, 11) is 0. The van der Waals surface area contributed by atoms with Crippen molar-refractivity contribution >= 4 is 5.97 Å². The fourth-order valence-electron chi connectivity index (χ4n) is 6.43. The summed E-state index contributed by atoms with van der Waals surface area (Å²) in [6, 6.07) is 0. The summed E-state index contributed by atoms with van der Waals surface area (Å²) < 4.78 is 5.47. The van der Waals surface area contributed by atoms with Gasteiger partial charge in [0.05, 0.1) is 6.61 Å². The molecule has 0 aromatic carbocycles. The van der Waals surface area contributed by atoms with Crippen molar-refractivity contribution < 1.29 is 9.53 Å². The van der Waals surface area contributed by atoms with Crippen LogP contribution in [0, 0.1) is 5.92 Å². The molecule has 0 aliphatic rings. The third kappa shape index (κ3) is 41.2. The molecule has 0 saturated carbocycles. The van der Waals surface area contributed by atoms with Gasteiger partial charge in [-0.2, -0.15) is 0 Å². The molecule has 0 aliphatic heterocycles. The van der Waals surface area contributed by atoms with Gasteiger partial charge in [-0.15, -0.1) is 0 Å². The Labute approximate surface area is 285 Å². The third-order valence-electron chi connectivity index (χ3n) is 9.58. The predicted octanol–water partition coefficient (Wildman–Crippen LogP) is 15.4. The highest BCUT2D eigenvalue weighted by Gasteiger charge is 2.03. The van der Waals surface area contributed by atoms with Crippen molar-refractivity contribution in [2.24, 2.45) is 5.92 Å². The number of allylic oxidation sites excluding steroid dienone is 2. The second kappa shape index (κ2) is 39.4. The van der Waals surface area contributed by atoms with Gasteiger partial charge in [-0.3, -0.25) is 4.79 Å². The van der Waals surface area contributed by atoms with Gasteiger partial charge in [-0.1, -0.05) is 213 Å². The fourth-order valence-corrected chi connectivity index (χ4v) is 6.43. The van der Waals surface area contributed by atoms with E-state index >= 15 is 0 Å². The van der Waals surface area contributed by atoms with Crippen molar-refractivity contribution in [1.29, 1.82) is 0 Å². The van der Waals surface area contributed by atoms with Crippen LogP contribution in [0.15, 0.2) is 12.2 Å². The first-order valence-corrected chi connectivity index (χ1v) is 21.0. The van der Waals surface area contributed by atoms with E-state index in [1.54, 1.807) is 0 Å². The molecule has 0 N–H and O–H groups in total. The number of esters is 1. The van der Waals surface area contributed by atoms with Gasteiger partial charge < -0.3 is 4.74 Å². The zero-order valence-corrected chi connectivity index (χ0v) is 31.5. The maximum absolute atomic E-state index is 12.0. The standard InChI is InChI=1S/C43H84O2/c1-4-5-6-7-8-9-10-11-12-15-19-22-25-28-31-34-37-40-43(44)45-41-38-35-32-29-26-23-20-17-14-13-16-18-21-24-27-30-33-36-39-42(2)3/h11-12,42H,4-10,13-41H2,1-3H3. The second-order valence-corrected chi connectivity index (χ2v) is 14.8. The lowest BCUT2D eigenvalue weighted by atomic mass is 10.0. The van der Waals surface area contributed by atoms with Gasteiger partial charge in [0.2, 0.25) is 0 Å². The number of unbranched alkanes of at least 4 members (excludes halogenated alkanes) is 30. The highest BCUT2D eigenvalue weighted by atomic mass is 16.5. The summed E-state index contributed by atoms with van der Waals surface area (Å²) in [4.78, 5) is 12.0. The second-order valence-electron chi connectivity index (χ2n) is 14.8. The van der Waals surface area contributed by atoms with Crippen LogP contribution in [0.2, 0.25) is 0 Å². The molecular weight excluding hydrogens is 548 g/mol. The summed E-state index contributed by atoms with van der Waals surface area (Å²) in [5, 5.41) is 0. The molecular formula is C43H84O2. The van der Waals surface area contributed by atoms with Crippen molar-refractivity contribution in [2.75, 3.05) is 6.61 Å². The minimum atomic E-state index is 0.0234. The largest absolute Gasteiger partial charge is 0.466 e. The van der Waals surface area contributed by atoms with Crippen molar-refractivity contribution in [3.63, 3.8) is 0 Å². The van der Waals surface area contributed by atoms with E-state index in [-0.39, 0.29) is 5.97 Å². The van der Waals surface area contributed by atoms with E-state index in [2.05, 4.69) is 32.9 Å². The number of rotatable bonds is 38. The average Bonchev–Trinajstić information content (AvgIpc) is 3.03. The fraction of sp³-hybridized carbons (Fsp3) is 0.930. The smallest absolute Gasteiger partial charge is 0.305 e. The normalized spacial score (nSPS) is 11.7. The van der Waals surface area contributed by atoms with Gasteiger partial charge in [0.1, 0.15) is 0 Å². The lowest BCUT2D eigenvalue weighted by Crippen LogP contribution is -2.05. The van der Waals surface area contributed by atoms with E-state index in [1.807, 2.05) is 0 Å². The molecule has 0 amide bonds. The molecule has 0 unspecified atom stereocenters. The maximum atomic E-state index is 12.0. The molecule has 0 aromatic heterocycles. The number of carbonyl (C=O) groups is 1. The third-order valence-corrected chi connectivity index (χ3v) is 9.58. The van der Waals surface area contributed by atoms with Crippen molar-refractivity contribution in [1.82, 2.24) is 0 Å². The molecule has 0 saturated heterocycles. The lowest BCUT2D eigenvalue weighted by Gasteiger charge is -2.06. The molecule has 0 fully saturated rings. The quantitative estimate of drug-likeness (QED) is 0.0384. The molecule has 0 aromatic rings. The number of ether oxygens (including phenoxy) is 1. The van der Waals surface area contributed by atoms with Crippen molar-refractivity contribution in [3.05, 3.63) is 12.2 Å². The van der Waals surface area contributed by atoms with Crippen LogP contribution in [0.3, 0.4) is 0 Å². The van der Waals surface area contributed by atoms with Gasteiger partial charge in [0.25, 0.3) is 0 Å². The summed E-state index contributed by atoms with van der Waals surface area (Å²) in [5.41, 5.74) is 0. The van der Waals surface area contributed by atoms with Crippen LogP contribution in [0.1, 0.15) is 245 Å². The Balaban J connectivity index is 3.18. The summed E-state index contributed by atoms with van der Waals surface area (Å²) in [5.74, 6) is 0.904. The summed E-state index contributed by atoms with van der Waals surface area (Å²) in [6.45, 7) is 7.59. The first kappa shape index (κ1) is 44.2. The Morgan fingerprint density at radius 1 is 0.444 bits per heavy atom. The van der Waals surface area contributed by atoms with Gasteiger partial charge in [-0.05, 0) is 44.4 Å². The first-order valence-electron chi connectivity index (χ1n) is 21.0. The van der Waals surface area contributed by atoms with Crippen LogP contribution < -0.4 is 0 Å². The van der Waals surface area contributed by atoms with E-state index < -0.39 is 0 Å². The highest BCUT2D eigenvalue weighted by molar-refractivity contribution is 5.69. The molecule has 2 nitrogen and oxygen atoms in total. The van der Waals surface area contributed by atoms with Gasteiger partial charge >= 0.3 is 5.97 Å². The monoisotopic (exact) mass is 633 g/mol. The summed E-state index contributed by atoms with van der Waals surface area (Å²) >= 11 is 0. The first-order chi connectivity index (χ1) is 22.2. The van der Waals surface area contributed by atoms with E-state index in [0.29, 0.717) is 13.0 Å². The van der Waals surface area contributed by atoms with Crippen molar-refractivity contribution in [2.45, 2.75) is 245 Å². The highest BCUT2D eigenvalue weighted by Crippen LogP contribution is 2.16. The Morgan fingerprint density at radius 3 is 1.18 bits per heavy atom. The maximum Gasteiger partial charge on any atom is 0.305 e. The number of hydrogen-bond donors (Lipinski definition) is 0.